The maximum atomic E-state index is 13.6. The van der Waals surface area contributed by atoms with Crippen molar-refractivity contribution in [2.45, 2.75) is 44.3 Å². The molecule has 1 N–H and O–H groups in total. The maximum Gasteiger partial charge on any atom is 0.458 e. The minimum Gasteiger partial charge on any atom is -0.457 e. The van der Waals surface area contributed by atoms with Gasteiger partial charge in [-0.05, 0) is 72.7 Å². The highest BCUT2D eigenvalue weighted by atomic mass is 19.4. The van der Waals surface area contributed by atoms with Crippen LogP contribution in [0, 0.1) is 0 Å². The standard InChI is InChI=1S/C25H22F5NO/c26-24(27,25(28,29)30)20-8-3-5-17(13-20)16-31-21-9-4-10-22(15-21)32-23-12-11-18-6-1-2-7-19(18)14-23/h3-5,8-15,31H,1-2,6-7,16H2. The van der Waals surface area contributed by atoms with Gasteiger partial charge in [-0.15, -0.1) is 0 Å². The van der Waals surface area contributed by atoms with E-state index >= 15 is 0 Å². The zero-order chi connectivity index (χ0) is 22.8. The summed E-state index contributed by atoms with van der Waals surface area (Å²) in [5, 5.41) is 3.05. The lowest BCUT2D eigenvalue weighted by atomic mass is 9.92. The third-order valence-corrected chi connectivity index (χ3v) is 5.53. The van der Waals surface area contributed by atoms with E-state index in [0.717, 1.165) is 30.7 Å². The van der Waals surface area contributed by atoms with Crippen molar-refractivity contribution in [1.82, 2.24) is 0 Å². The molecule has 1 aliphatic carbocycles. The number of hydrogen-bond donors (Lipinski definition) is 1. The molecule has 1 aliphatic rings. The van der Waals surface area contributed by atoms with Gasteiger partial charge in [0, 0.05) is 23.9 Å². The number of ether oxygens (including phenoxy) is 1. The van der Waals surface area contributed by atoms with Crippen LogP contribution >= 0.6 is 0 Å². The SMILES string of the molecule is FC(F)(F)C(F)(F)c1cccc(CNc2cccc(Oc3ccc4c(c3)CCCC4)c2)c1. The molecule has 0 fully saturated rings. The molecule has 0 unspecified atom stereocenters. The lowest BCUT2D eigenvalue weighted by Gasteiger charge is -2.20. The fourth-order valence-corrected chi connectivity index (χ4v) is 3.82. The molecule has 3 aromatic carbocycles. The van der Waals surface area contributed by atoms with Crippen LogP contribution in [0.5, 0.6) is 11.5 Å². The molecule has 0 radical (unpaired) electrons. The number of alkyl halides is 5. The van der Waals surface area contributed by atoms with E-state index in [-0.39, 0.29) is 6.54 Å². The van der Waals surface area contributed by atoms with Crippen molar-refractivity contribution in [3.63, 3.8) is 0 Å². The molecule has 4 rings (SSSR count). The van der Waals surface area contributed by atoms with E-state index in [9.17, 15) is 22.0 Å². The van der Waals surface area contributed by atoms with Gasteiger partial charge in [0.1, 0.15) is 11.5 Å². The Bertz CT molecular complexity index is 1090. The molecular formula is C25H22F5NO. The fourth-order valence-electron chi connectivity index (χ4n) is 3.82. The summed E-state index contributed by atoms with van der Waals surface area (Å²) in [5.41, 5.74) is 2.56. The van der Waals surface area contributed by atoms with E-state index in [0.29, 0.717) is 17.0 Å². The van der Waals surface area contributed by atoms with E-state index in [2.05, 4.69) is 17.4 Å². The summed E-state index contributed by atoms with van der Waals surface area (Å²) in [7, 11) is 0. The zero-order valence-corrected chi connectivity index (χ0v) is 17.2. The molecule has 0 spiro atoms. The molecule has 2 nitrogen and oxygen atoms in total. The molecule has 0 aromatic heterocycles. The van der Waals surface area contributed by atoms with Crippen LogP contribution in [0.25, 0.3) is 0 Å². The van der Waals surface area contributed by atoms with Gasteiger partial charge in [0.05, 0.1) is 0 Å². The fraction of sp³-hybridized carbons (Fsp3) is 0.280. The molecule has 0 saturated carbocycles. The van der Waals surface area contributed by atoms with Crippen LogP contribution in [0.1, 0.15) is 35.1 Å². The average molecular weight is 447 g/mol. The second-order valence-electron chi connectivity index (χ2n) is 7.89. The van der Waals surface area contributed by atoms with Crippen LogP contribution < -0.4 is 10.1 Å². The minimum absolute atomic E-state index is 0.0874. The second-order valence-corrected chi connectivity index (χ2v) is 7.89. The van der Waals surface area contributed by atoms with Crippen LogP contribution in [0.2, 0.25) is 0 Å². The first kappa shape index (κ1) is 22.1. The summed E-state index contributed by atoms with van der Waals surface area (Å²) in [6.07, 6.45) is -1.13. The van der Waals surface area contributed by atoms with E-state index in [1.54, 1.807) is 24.3 Å². The molecule has 0 heterocycles. The Morgan fingerprint density at radius 3 is 2.25 bits per heavy atom. The second kappa shape index (κ2) is 8.81. The van der Waals surface area contributed by atoms with Crippen molar-refractivity contribution < 1.29 is 26.7 Å². The quantitative estimate of drug-likeness (QED) is 0.393. The van der Waals surface area contributed by atoms with Crippen molar-refractivity contribution in [3.8, 4) is 11.5 Å². The first-order chi connectivity index (χ1) is 15.2. The lowest BCUT2D eigenvalue weighted by Crippen LogP contribution is -2.33. The summed E-state index contributed by atoms with van der Waals surface area (Å²) >= 11 is 0. The first-order valence-corrected chi connectivity index (χ1v) is 10.4. The van der Waals surface area contributed by atoms with E-state index in [1.165, 1.54) is 36.1 Å². The molecule has 32 heavy (non-hydrogen) atoms. The number of rotatable bonds is 6. The Hall–Kier alpha value is -3.09. The number of halogens is 5. The molecule has 0 amide bonds. The minimum atomic E-state index is -5.64. The summed E-state index contributed by atoms with van der Waals surface area (Å²) < 4.78 is 71.1. The van der Waals surface area contributed by atoms with Crippen LogP contribution in [0.4, 0.5) is 27.6 Å². The first-order valence-electron chi connectivity index (χ1n) is 10.4. The summed E-state index contributed by atoms with van der Waals surface area (Å²) in [4.78, 5) is 0. The molecular weight excluding hydrogens is 425 g/mol. The number of hydrogen-bond acceptors (Lipinski definition) is 2. The highest BCUT2D eigenvalue weighted by Gasteiger charge is 2.58. The largest absolute Gasteiger partial charge is 0.458 e. The van der Waals surface area contributed by atoms with Crippen molar-refractivity contribution in [2.75, 3.05) is 5.32 Å². The smallest absolute Gasteiger partial charge is 0.457 e. The number of benzene rings is 3. The Kier molecular flexibility index (Phi) is 6.09. The van der Waals surface area contributed by atoms with Gasteiger partial charge >= 0.3 is 12.1 Å². The van der Waals surface area contributed by atoms with Gasteiger partial charge in [-0.1, -0.05) is 30.3 Å². The molecule has 0 saturated heterocycles. The van der Waals surface area contributed by atoms with Crippen LogP contribution in [0.15, 0.2) is 66.7 Å². The molecule has 3 aromatic rings. The third kappa shape index (κ3) is 4.87. The predicted octanol–water partition coefficient (Wildman–Crippen LogP) is 7.62. The van der Waals surface area contributed by atoms with Gasteiger partial charge in [-0.3, -0.25) is 0 Å². The molecule has 0 bridgehead atoms. The van der Waals surface area contributed by atoms with Crippen molar-refractivity contribution in [3.05, 3.63) is 89.0 Å². The monoisotopic (exact) mass is 447 g/mol. The molecule has 7 heteroatoms. The topological polar surface area (TPSA) is 21.3 Å². The van der Waals surface area contributed by atoms with Crippen LogP contribution in [0.3, 0.4) is 0 Å². The molecule has 168 valence electrons. The summed E-state index contributed by atoms with van der Waals surface area (Å²) in [6, 6.07) is 17.5. The van der Waals surface area contributed by atoms with Crippen molar-refractivity contribution in [1.29, 1.82) is 0 Å². The van der Waals surface area contributed by atoms with Gasteiger partial charge < -0.3 is 10.1 Å². The van der Waals surface area contributed by atoms with Crippen molar-refractivity contribution in [2.24, 2.45) is 0 Å². The van der Waals surface area contributed by atoms with Gasteiger partial charge in [-0.25, -0.2) is 0 Å². The summed E-state index contributed by atoms with van der Waals surface area (Å²) in [5.74, 6) is -3.56. The van der Waals surface area contributed by atoms with Gasteiger partial charge in [0.2, 0.25) is 0 Å². The predicted molar refractivity (Wildman–Crippen MR) is 113 cm³/mol. The molecule has 0 atom stereocenters. The normalized spacial score (nSPS) is 14.0. The highest BCUT2D eigenvalue weighted by molar-refractivity contribution is 5.50. The summed E-state index contributed by atoms with van der Waals surface area (Å²) in [6.45, 7) is 0.0874. The van der Waals surface area contributed by atoms with Gasteiger partial charge in [0.15, 0.2) is 0 Å². The number of anilines is 1. The van der Waals surface area contributed by atoms with E-state index in [4.69, 9.17) is 4.74 Å². The number of fused-ring (bicyclic) bond motifs is 1. The zero-order valence-electron chi connectivity index (χ0n) is 17.2. The lowest BCUT2D eigenvalue weighted by molar-refractivity contribution is -0.289. The van der Waals surface area contributed by atoms with Crippen molar-refractivity contribution >= 4 is 5.69 Å². The Labute approximate surface area is 183 Å². The van der Waals surface area contributed by atoms with Crippen LogP contribution in [-0.2, 0) is 25.3 Å². The number of aryl methyl sites for hydroxylation is 2. The van der Waals surface area contributed by atoms with E-state index in [1.807, 2.05) is 6.07 Å². The van der Waals surface area contributed by atoms with E-state index < -0.39 is 17.7 Å². The average Bonchev–Trinajstić information content (AvgIpc) is 2.77. The Morgan fingerprint density at radius 2 is 1.47 bits per heavy atom. The highest BCUT2D eigenvalue weighted by Crippen LogP contribution is 2.44. The number of nitrogens with one attached hydrogen (secondary N) is 1. The molecule has 0 aliphatic heterocycles. The van der Waals surface area contributed by atoms with Crippen LogP contribution in [-0.4, -0.2) is 6.18 Å². The van der Waals surface area contributed by atoms with Gasteiger partial charge in [-0.2, -0.15) is 22.0 Å². The Morgan fingerprint density at radius 1 is 0.750 bits per heavy atom. The third-order valence-electron chi connectivity index (χ3n) is 5.53. The van der Waals surface area contributed by atoms with Gasteiger partial charge in [0.25, 0.3) is 0 Å². The Balaban J connectivity index is 1.43. The maximum absolute atomic E-state index is 13.6.